The zero-order chi connectivity index (χ0) is 21.9. The van der Waals surface area contributed by atoms with Crippen LogP contribution in [0.2, 0.25) is 0 Å². The van der Waals surface area contributed by atoms with Gasteiger partial charge in [-0.25, -0.2) is 9.97 Å². The largest absolute Gasteiger partial charge is 0.382 e. The molecule has 8 heteroatoms. The first-order valence-electron chi connectivity index (χ1n) is 10.9. The molecule has 0 spiro atoms. The lowest BCUT2D eigenvalue weighted by molar-refractivity contribution is 0.0988. The van der Waals surface area contributed by atoms with E-state index < -0.39 is 0 Å². The molecule has 164 valence electrons. The minimum Gasteiger partial charge on any atom is -0.382 e. The standard InChI is InChI=1S/C24H26N6O2/c25-24-23(22(31)12-19-14-27-6-4-21(19)30-7-9-32-10-8-30)29-20(15-28-24)17-2-1-16-3-5-26-13-18(16)11-17/h1-2,4,6,11,14-15,26H,3,5,7-10,12-13H2,(H2,25,28). The number of aromatic nitrogens is 3. The second kappa shape index (κ2) is 9.02. The summed E-state index contributed by atoms with van der Waals surface area (Å²) in [6.45, 7) is 4.75. The summed E-state index contributed by atoms with van der Waals surface area (Å²) in [6, 6.07) is 8.24. The third-order valence-electron chi connectivity index (χ3n) is 6.03. The van der Waals surface area contributed by atoms with Crippen LogP contribution >= 0.6 is 0 Å². The van der Waals surface area contributed by atoms with Crippen LogP contribution in [0, 0.1) is 0 Å². The Balaban J connectivity index is 1.42. The van der Waals surface area contributed by atoms with Gasteiger partial charge in [-0.2, -0.15) is 0 Å². The fourth-order valence-corrected chi connectivity index (χ4v) is 4.31. The molecule has 2 aliphatic rings. The smallest absolute Gasteiger partial charge is 0.189 e. The number of nitrogens with two attached hydrogens (primary N) is 1. The van der Waals surface area contributed by atoms with Gasteiger partial charge in [0.25, 0.3) is 0 Å². The molecule has 8 nitrogen and oxygen atoms in total. The van der Waals surface area contributed by atoms with Gasteiger partial charge in [-0.3, -0.25) is 9.78 Å². The second-order valence-electron chi connectivity index (χ2n) is 8.10. The number of carbonyl (C=O) groups is 1. The monoisotopic (exact) mass is 430 g/mol. The summed E-state index contributed by atoms with van der Waals surface area (Å²) in [5.74, 6) is -0.0193. The lowest BCUT2D eigenvalue weighted by atomic mass is 9.97. The molecule has 3 aromatic rings. The van der Waals surface area contributed by atoms with Gasteiger partial charge in [0.1, 0.15) is 5.69 Å². The van der Waals surface area contributed by atoms with E-state index in [-0.39, 0.29) is 23.7 Å². The first kappa shape index (κ1) is 20.5. The quantitative estimate of drug-likeness (QED) is 0.592. The van der Waals surface area contributed by atoms with Crippen molar-refractivity contribution in [3.8, 4) is 11.3 Å². The van der Waals surface area contributed by atoms with Crippen LogP contribution in [0.5, 0.6) is 0 Å². The molecule has 4 heterocycles. The van der Waals surface area contributed by atoms with Crippen molar-refractivity contribution in [1.29, 1.82) is 0 Å². The number of pyridine rings is 1. The fourth-order valence-electron chi connectivity index (χ4n) is 4.31. The SMILES string of the molecule is Nc1ncc(-c2ccc3c(c2)CNCC3)nc1C(=O)Cc1cnccc1N1CCOCC1. The molecule has 0 bridgehead atoms. The molecule has 32 heavy (non-hydrogen) atoms. The van der Waals surface area contributed by atoms with Crippen LogP contribution in [0.4, 0.5) is 11.5 Å². The Hall–Kier alpha value is -3.36. The highest BCUT2D eigenvalue weighted by Crippen LogP contribution is 2.26. The van der Waals surface area contributed by atoms with Gasteiger partial charge in [0.05, 0.1) is 25.1 Å². The number of rotatable bonds is 5. The molecule has 0 unspecified atom stereocenters. The summed E-state index contributed by atoms with van der Waals surface area (Å²) in [5.41, 5.74) is 12.3. The predicted molar refractivity (Wildman–Crippen MR) is 123 cm³/mol. The van der Waals surface area contributed by atoms with E-state index in [4.69, 9.17) is 10.5 Å². The van der Waals surface area contributed by atoms with Gasteiger partial charge in [0.2, 0.25) is 0 Å². The zero-order valence-electron chi connectivity index (χ0n) is 17.9. The van der Waals surface area contributed by atoms with Crippen LogP contribution in [-0.4, -0.2) is 53.6 Å². The maximum absolute atomic E-state index is 13.2. The number of nitrogens with zero attached hydrogens (tertiary/aromatic N) is 4. The van der Waals surface area contributed by atoms with E-state index in [9.17, 15) is 4.79 Å². The molecule has 0 aliphatic carbocycles. The number of ether oxygens (including phenoxy) is 1. The van der Waals surface area contributed by atoms with Gasteiger partial charge in [-0.05, 0) is 36.2 Å². The molecule has 0 saturated carbocycles. The average Bonchev–Trinajstić information content (AvgIpc) is 2.85. The lowest BCUT2D eigenvalue weighted by Gasteiger charge is -2.30. The number of carbonyl (C=O) groups excluding carboxylic acids is 1. The number of hydrogen-bond donors (Lipinski definition) is 2. The fraction of sp³-hybridized carbons (Fsp3) is 0.333. The Labute approximate surface area is 186 Å². The van der Waals surface area contributed by atoms with Gasteiger partial charge in [-0.1, -0.05) is 12.1 Å². The van der Waals surface area contributed by atoms with Crippen molar-refractivity contribution in [2.75, 3.05) is 43.5 Å². The summed E-state index contributed by atoms with van der Waals surface area (Å²) >= 11 is 0. The Morgan fingerprint density at radius 3 is 2.91 bits per heavy atom. The maximum Gasteiger partial charge on any atom is 0.189 e. The first-order chi connectivity index (χ1) is 15.7. The van der Waals surface area contributed by atoms with Crippen LogP contribution < -0.4 is 16.0 Å². The topological polar surface area (TPSA) is 106 Å². The van der Waals surface area contributed by atoms with Gasteiger partial charge < -0.3 is 20.7 Å². The van der Waals surface area contributed by atoms with E-state index in [1.165, 1.54) is 11.1 Å². The molecule has 0 amide bonds. The van der Waals surface area contributed by atoms with Crippen LogP contribution in [0.3, 0.4) is 0 Å². The molecule has 0 atom stereocenters. The van der Waals surface area contributed by atoms with E-state index in [2.05, 4.69) is 37.3 Å². The number of Topliss-reactive ketones (excluding diaryl/α,β-unsaturated/α-hetero) is 1. The number of morpholine rings is 1. The molecule has 2 aromatic heterocycles. The minimum absolute atomic E-state index is 0.148. The Morgan fingerprint density at radius 2 is 2.03 bits per heavy atom. The van der Waals surface area contributed by atoms with Crippen LogP contribution in [0.15, 0.2) is 42.9 Å². The van der Waals surface area contributed by atoms with Gasteiger partial charge >= 0.3 is 0 Å². The highest BCUT2D eigenvalue weighted by molar-refractivity contribution is 6.00. The molecule has 3 N–H and O–H groups in total. The molecule has 5 rings (SSSR count). The van der Waals surface area contributed by atoms with Crippen molar-refractivity contribution >= 4 is 17.3 Å². The number of anilines is 2. The number of benzene rings is 1. The maximum atomic E-state index is 13.2. The molecule has 1 saturated heterocycles. The lowest BCUT2D eigenvalue weighted by Crippen LogP contribution is -2.37. The normalized spacial score (nSPS) is 15.9. The highest BCUT2D eigenvalue weighted by atomic mass is 16.5. The van der Waals surface area contributed by atoms with E-state index in [0.717, 1.165) is 49.4 Å². The highest BCUT2D eigenvalue weighted by Gasteiger charge is 2.20. The number of hydrogen-bond acceptors (Lipinski definition) is 8. The molecular formula is C24H26N6O2. The Kier molecular flexibility index (Phi) is 5.79. The van der Waals surface area contributed by atoms with Crippen LogP contribution in [0.1, 0.15) is 27.2 Å². The van der Waals surface area contributed by atoms with Crippen LogP contribution in [-0.2, 0) is 24.1 Å². The third kappa shape index (κ3) is 4.19. The van der Waals surface area contributed by atoms with Crippen molar-refractivity contribution in [3.63, 3.8) is 0 Å². The summed E-state index contributed by atoms with van der Waals surface area (Å²) < 4.78 is 5.45. The third-order valence-corrected chi connectivity index (χ3v) is 6.03. The van der Waals surface area contributed by atoms with Gasteiger partial charge in [0, 0.05) is 55.3 Å². The summed E-state index contributed by atoms with van der Waals surface area (Å²) in [5, 5.41) is 3.39. The van der Waals surface area contributed by atoms with E-state index in [1.54, 1.807) is 18.6 Å². The van der Waals surface area contributed by atoms with E-state index in [0.29, 0.717) is 18.9 Å². The van der Waals surface area contributed by atoms with Crippen LogP contribution in [0.25, 0.3) is 11.3 Å². The minimum atomic E-state index is -0.168. The van der Waals surface area contributed by atoms with Crippen molar-refractivity contribution < 1.29 is 9.53 Å². The number of fused-ring (bicyclic) bond motifs is 1. The predicted octanol–water partition coefficient (Wildman–Crippen LogP) is 2.03. The Bertz CT molecular complexity index is 1140. The van der Waals surface area contributed by atoms with E-state index in [1.807, 2.05) is 12.1 Å². The molecular weight excluding hydrogens is 404 g/mol. The van der Waals surface area contributed by atoms with Gasteiger partial charge in [0.15, 0.2) is 11.6 Å². The van der Waals surface area contributed by atoms with Crippen molar-refractivity contribution in [2.24, 2.45) is 0 Å². The molecule has 0 radical (unpaired) electrons. The van der Waals surface area contributed by atoms with Crippen molar-refractivity contribution in [3.05, 3.63) is 65.2 Å². The van der Waals surface area contributed by atoms with E-state index >= 15 is 0 Å². The molecule has 2 aliphatic heterocycles. The first-order valence-corrected chi connectivity index (χ1v) is 10.9. The van der Waals surface area contributed by atoms with Crippen molar-refractivity contribution in [1.82, 2.24) is 20.3 Å². The molecule has 1 fully saturated rings. The summed E-state index contributed by atoms with van der Waals surface area (Å²) in [4.78, 5) is 28.6. The summed E-state index contributed by atoms with van der Waals surface area (Å²) in [6.07, 6.45) is 6.30. The number of nitrogen functional groups attached to an aromatic ring is 1. The van der Waals surface area contributed by atoms with Gasteiger partial charge in [-0.15, -0.1) is 0 Å². The second-order valence-corrected chi connectivity index (χ2v) is 8.10. The number of ketones is 1. The summed E-state index contributed by atoms with van der Waals surface area (Å²) in [7, 11) is 0. The number of nitrogens with one attached hydrogen (secondary N) is 1. The average molecular weight is 431 g/mol. The Morgan fingerprint density at radius 1 is 1.16 bits per heavy atom. The van der Waals surface area contributed by atoms with Crippen molar-refractivity contribution in [2.45, 2.75) is 19.4 Å². The molecule has 1 aromatic carbocycles. The zero-order valence-corrected chi connectivity index (χ0v) is 17.9.